The van der Waals surface area contributed by atoms with Gasteiger partial charge in [-0.2, -0.15) is 0 Å². The average Bonchev–Trinajstić information content (AvgIpc) is 2.45. The molecule has 0 aliphatic heterocycles. The van der Waals surface area contributed by atoms with Gasteiger partial charge >= 0.3 is 0 Å². The van der Waals surface area contributed by atoms with E-state index < -0.39 is 0 Å². The van der Waals surface area contributed by atoms with Crippen LogP contribution >= 0.6 is 15.9 Å². The normalized spacial score (nSPS) is 19.3. The molecule has 1 aliphatic carbocycles. The van der Waals surface area contributed by atoms with Gasteiger partial charge in [0, 0.05) is 24.1 Å². The fourth-order valence-corrected chi connectivity index (χ4v) is 3.19. The highest BCUT2D eigenvalue weighted by Crippen LogP contribution is 2.25. The highest BCUT2D eigenvalue weighted by molar-refractivity contribution is 9.10. The van der Waals surface area contributed by atoms with Crippen LogP contribution in [0.1, 0.15) is 31.4 Å². The lowest BCUT2D eigenvalue weighted by atomic mass is 9.88. The van der Waals surface area contributed by atoms with Crippen LogP contribution in [-0.2, 0) is 17.6 Å². The first kappa shape index (κ1) is 15.5. The van der Waals surface area contributed by atoms with Crippen LogP contribution in [0.3, 0.4) is 0 Å². The Morgan fingerprint density at radius 1 is 1.50 bits per heavy atom. The van der Waals surface area contributed by atoms with Crippen molar-refractivity contribution in [3.05, 3.63) is 33.8 Å². The summed E-state index contributed by atoms with van der Waals surface area (Å²) in [5.41, 5.74) is 2.84. The molecule has 0 fully saturated rings. The molecule has 1 aromatic carbocycles. The van der Waals surface area contributed by atoms with Crippen molar-refractivity contribution < 1.29 is 4.79 Å². The Hall–Kier alpha value is -0.870. The largest absolute Gasteiger partial charge is 0.345 e. The molecule has 1 amide bonds. The lowest BCUT2D eigenvalue weighted by Crippen LogP contribution is -2.48. The van der Waals surface area contributed by atoms with E-state index >= 15 is 0 Å². The Morgan fingerprint density at radius 2 is 2.25 bits per heavy atom. The first-order valence-electron chi connectivity index (χ1n) is 7.29. The van der Waals surface area contributed by atoms with Crippen molar-refractivity contribution in [2.75, 3.05) is 13.6 Å². The molecule has 0 spiro atoms. The molecule has 0 bridgehead atoms. The number of halogens is 1. The predicted molar refractivity (Wildman–Crippen MR) is 85.9 cm³/mol. The lowest BCUT2D eigenvalue weighted by molar-refractivity contribution is -0.131. The van der Waals surface area contributed by atoms with Crippen molar-refractivity contribution in [1.82, 2.24) is 10.2 Å². The Morgan fingerprint density at radius 3 is 2.95 bits per heavy atom. The molecule has 0 saturated carbocycles. The number of likely N-dealkylation sites (N-methyl/N-ethyl adjacent to an activating group) is 1. The number of nitrogens with zero attached hydrogens (tertiary/aromatic N) is 1. The Labute approximate surface area is 129 Å². The van der Waals surface area contributed by atoms with Gasteiger partial charge in [0.1, 0.15) is 0 Å². The monoisotopic (exact) mass is 338 g/mol. The maximum atomic E-state index is 12.1. The average molecular weight is 339 g/mol. The van der Waals surface area contributed by atoms with Gasteiger partial charge in [0.25, 0.3) is 0 Å². The molecular formula is C16H23BrN2O. The summed E-state index contributed by atoms with van der Waals surface area (Å²) in [6.07, 6.45) is 3.18. The van der Waals surface area contributed by atoms with E-state index in [0.29, 0.717) is 6.04 Å². The molecule has 0 saturated heterocycles. The van der Waals surface area contributed by atoms with E-state index in [0.717, 1.165) is 30.3 Å². The van der Waals surface area contributed by atoms with Gasteiger partial charge in [-0.1, -0.05) is 22.0 Å². The van der Waals surface area contributed by atoms with Gasteiger partial charge in [-0.3, -0.25) is 4.79 Å². The summed E-state index contributed by atoms with van der Waals surface area (Å²) in [6.45, 7) is 4.72. The van der Waals surface area contributed by atoms with Gasteiger partial charge in [-0.25, -0.2) is 0 Å². The molecule has 2 unspecified atom stereocenters. The van der Waals surface area contributed by atoms with E-state index in [2.05, 4.69) is 39.4 Å². The fraction of sp³-hybridized carbons (Fsp3) is 0.562. The van der Waals surface area contributed by atoms with Crippen LogP contribution < -0.4 is 5.32 Å². The zero-order valence-corrected chi connectivity index (χ0v) is 14.0. The van der Waals surface area contributed by atoms with Gasteiger partial charge in [0.2, 0.25) is 5.91 Å². The molecule has 2 atom stereocenters. The van der Waals surface area contributed by atoms with E-state index in [1.807, 2.05) is 20.9 Å². The van der Waals surface area contributed by atoms with Crippen molar-refractivity contribution in [3.8, 4) is 0 Å². The first-order chi connectivity index (χ1) is 9.51. The lowest BCUT2D eigenvalue weighted by Gasteiger charge is -2.29. The van der Waals surface area contributed by atoms with E-state index in [1.165, 1.54) is 11.1 Å². The third kappa shape index (κ3) is 3.61. The van der Waals surface area contributed by atoms with E-state index in [4.69, 9.17) is 0 Å². The second kappa shape index (κ2) is 6.72. The Bertz CT molecular complexity index is 489. The molecule has 1 aliphatic rings. The number of aryl methyl sites for hydroxylation is 1. The minimum absolute atomic E-state index is 0.109. The molecule has 3 nitrogen and oxygen atoms in total. The second-order valence-corrected chi connectivity index (χ2v) is 6.51. The molecule has 1 N–H and O–H groups in total. The number of rotatable bonds is 4. The van der Waals surface area contributed by atoms with Crippen LogP contribution in [0.5, 0.6) is 0 Å². The zero-order valence-electron chi connectivity index (χ0n) is 12.4. The van der Waals surface area contributed by atoms with E-state index in [1.54, 1.807) is 4.90 Å². The molecule has 1 aromatic rings. The minimum atomic E-state index is -0.109. The molecule has 20 heavy (non-hydrogen) atoms. The molecule has 110 valence electrons. The van der Waals surface area contributed by atoms with Crippen LogP contribution in [0.2, 0.25) is 0 Å². The number of fused-ring (bicyclic) bond motifs is 1. The van der Waals surface area contributed by atoms with Crippen molar-refractivity contribution >= 4 is 21.8 Å². The first-order valence-corrected chi connectivity index (χ1v) is 8.09. The highest BCUT2D eigenvalue weighted by atomic mass is 79.9. The van der Waals surface area contributed by atoms with Crippen LogP contribution in [0.15, 0.2) is 22.7 Å². The third-order valence-corrected chi connectivity index (χ3v) is 4.60. The maximum Gasteiger partial charge on any atom is 0.239 e. The van der Waals surface area contributed by atoms with E-state index in [-0.39, 0.29) is 11.9 Å². The van der Waals surface area contributed by atoms with E-state index in [9.17, 15) is 4.79 Å². The summed E-state index contributed by atoms with van der Waals surface area (Å²) in [5.74, 6) is 0.175. The van der Waals surface area contributed by atoms with Crippen LogP contribution in [0.4, 0.5) is 0 Å². The molecule has 0 aromatic heterocycles. The summed E-state index contributed by atoms with van der Waals surface area (Å²) in [4.78, 5) is 13.9. The minimum Gasteiger partial charge on any atom is -0.345 e. The number of hydrogen-bond acceptors (Lipinski definition) is 2. The summed E-state index contributed by atoms with van der Waals surface area (Å²) in [5, 5.41) is 3.49. The molecular weight excluding hydrogens is 316 g/mol. The van der Waals surface area contributed by atoms with Crippen LogP contribution in [0, 0.1) is 0 Å². The fourth-order valence-electron chi connectivity index (χ4n) is 2.78. The summed E-state index contributed by atoms with van der Waals surface area (Å²) in [7, 11) is 1.86. The highest BCUT2D eigenvalue weighted by Gasteiger charge is 2.23. The summed E-state index contributed by atoms with van der Waals surface area (Å²) >= 11 is 3.52. The number of carbonyl (C=O) groups excluding carboxylic acids is 1. The predicted octanol–water partition coefficient (Wildman–Crippen LogP) is 2.76. The Kier molecular flexibility index (Phi) is 5.22. The molecule has 4 heteroatoms. The number of benzene rings is 1. The van der Waals surface area contributed by atoms with Gasteiger partial charge in [-0.05, 0) is 56.4 Å². The molecule has 0 radical (unpaired) electrons. The quantitative estimate of drug-likeness (QED) is 0.915. The maximum absolute atomic E-state index is 12.1. The standard InChI is InChI=1S/C16H23BrN2O/c1-4-19(3)16(20)11(2)18-15-8-6-12-9-14(17)7-5-13(12)10-15/h5,7,9,11,15,18H,4,6,8,10H2,1-3H3. The van der Waals surface area contributed by atoms with Crippen molar-refractivity contribution in [1.29, 1.82) is 0 Å². The summed E-state index contributed by atoms with van der Waals surface area (Å²) < 4.78 is 1.15. The summed E-state index contributed by atoms with van der Waals surface area (Å²) in [6, 6.07) is 6.79. The zero-order chi connectivity index (χ0) is 14.7. The third-order valence-electron chi connectivity index (χ3n) is 4.10. The van der Waals surface area contributed by atoms with Gasteiger partial charge < -0.3 is 10.2 Å². The number of nitrogens with one attached hydrogen (secondary N) is 1. The van der Waals surface area contributed by atoms with Gasteiger partial charge in [0.05, 0.1) is 6.04 Å². The van der Waals surface area contributed by atoms with Crippen molar-refractivity contribution in [3.63, 3.8) is 0 Å². The number of hydrogen-bond donors (Lipinski definition) is 1. The molecule has 2 rings (SSSR count). The van der Waals surface area contributed by atoms with Crippen LogP contribution in [0.25, 0.3) is 0 Å². The molecule has 0 heterocycles. The van der Waals surface area contributed by atoms with Gasteiger partial charge in [-0.15, -0.1) is 0 Å². The van der Waals surface area contributed by atoms with Crippen LogP contribution in [-0.4, -0.2) is 36.5 Å². The number of carbonyl (C=O) groups is 1. The second-order valence-electron chi connectivity index (χ2n) is 5.59. The SMILES string of the molecule is CCN(C)C(=O)C(C)NC1CCc2cc(Br)ccc2C1. The van der Waals surface area contributed by atoms with Crippen molar-refractivity contribution in [2.24, 2.45) is 0 Å². The topological polar surface area (TPSA) is 32.3 Å². The van der Waals surface area contributed by atoms with Gasteiger partial charge in [0.15, 0.2) is 0 Å². The number of amides is 1. The smallest absolute Gasteiger partial charge is 0.239 e. The van der Waals surface area contributed by atoms with Crippen molar-refractivity contribution in [2.45, 2.75) is 45.2 Å². The Balaban J connectivity index is 1.96.